The van der Waals surface area contributed by atoms with Crippen molar-refractivity contribution in [3.05, 3.63) is 29.8 Å². The highest BCUT2D eigenvalue weighted by Crippen LogP contribution is 2.22. The number of para-hydroxylation sites is 1. The van der Waals surface area contributed by atoms with E-state index in [9.17, 15) is 9.59 Å². The van der Waals surface area contributed by atoms with Crippen LogP contribution in [0.25, 0.3) is 0 Å². The van der Waals surface area contributed by atoms with Crippen molar-refractivity contribution >= 4 is 17.5 Å². The highest BCUT2D eigenvalue weighted by atomic mass is 16.2. The van der Waals surface area contributed by atoms with Crippen LogP contribution in [0.5, 0.6) is 0 Å². The first-order valence-corrected chi connectivity index (χ1v) is 7.28. The Kier molecular flexibility index (Phi) is 4.63. The molecule has 1 aliphatic rings. The van der Waals surface area contributed by atoms with Gasteiger partial charge in [-0.25, -0.2) is 0 Å². The summed E-state index contributed by atoms with van der Waals surface area (Å²) in [5, 5.41) is 8.83. The van der Waals surface area contributed by atoms with Gasteiger partial charge in [0.05, 0.1) is 11.5 Å². The van der Waals surface area contributed by atoms with Crippen LogP contribution in [0.3, 0.4) is 0 Å². The fourth-order valence-electron chi connectivity index (χ4n) is 2.50. The molecule has 0 bridgehead atoms. The van der Waals surface area contributed by atoms with E-state index in [0.29, 0.717) is 6.54 Å². The highest BCUT2D eigenvalue weighted by molar-refractivity contribution is 5.96. The molecule has 0 fully saturated rings. The highest BCUT2D eigenvalue weighted by Gasteiger charge is 2.30. The lowest BCUT2D eigenvalue weighted by Crippen LogP contribution is -2.48. The first-order valence-electron chi connectivity index (χ1n) is 7.28. The molecule has 5 heteroatoms. The van der Waals surface area contributed by atoms with Crippen molar-refractivity contribution in [1.82, 2.24) is 10.6 Å². The number of amides is 2. The summed E-state index contributed by atoms with van der Waals surface area (Å²) in [5.41, 5.74) is 1.49. The first-order chi connectivity index (χ1) is 9.94. The lowest BCUT2D eigenvalue weighted by molar-refractivity contribution is -0.129. The van der Waals surface area contributed by atoms with E-state index in [1.807, 2.05) is 38.1 Å². The lowest BCUT2D eigenvalue weighted by Gasteiger charge is -2.25. The monoisotopic (exact) mass is 289 g/mol. The maximum Gasteiger partial charge on any atom is 0.241 e. The molecule has 2 rings (SSSR count). The van der Waals surface area contributed by atoms with E-state index in [1.54, 1.807) is 7.05 Å². The Morgan fingerprint density at radius 1 is 1.38 bits per heavy atom. The second-order valence-corrected chi connectivity index (χ2v) is 6.08. The van der Waals surface area contributed by atoms with Crippen LogP contribution in [0.2, 0.25) is 0 Å². The van der Waals surface area contributed by atoms with Crippen LogP contribution in [0.15, 0.2) is 24.3 Å². The quantitative estimate of drug-likeness (QED) is 0.782. The van der Waals surface area contributed by atoms with Gasteiger partial charge in [0.25, 0.3) is 0 Å². The minimum absolute atomic E-state index is 0.0346. The molecule has 0 radical (unpaired) electrons. The summed E-state index contributed by atoms with van der Waals surface area (Å²) in [6.07, 6.45) is 1.57. The topological polar surface area (TPSA) is 70.2 Å². The molecule has 0 spiro atoms. The summed E-state index contributed by atoms with van der Waals surface area (Å²) in [7, 11) is 1.62. The largest absolute Gasteiger partial charge is 0.359 e. The van der Waals surface area contributed by atoms with E-state index >= 15 is 0 Å². The SMILES string of the molecule is CNC(=O)C(C)(C)CNC1CCc2ccccc2NC1=O. The van der Waals surface area contributed by atoms with E-state index < -0.39 is 5.41 Å². The Bertz CT molecular complexity index is 540. The molecule has 0 aliphatic carbocycles. The van der Waals surface area contributed by atoms with E-state index in [4.69, 9.17) is 0 Å². The summed E-state index contributed by atoms with van der Waals surface area (Å²) < 4.78 is 0. The van der Waals surface area contributed by atoms with Crippen LogP contribution in [0, 0.1) is 5.41 Å². The normalized spacial score (nSPS) is 18.4. The first kappa shape index (κ1) is 15.5. The van der Waals surface area contributed by atoms with Gasteiger partial charge in [0, 0.05) is 19.3 Å². The number of fused-ring (bicyclic) bond motifs is 1. The predicted octanol–water partition coefficient (Wildman–Crippen LogP) is 1.30. The summed E-state index contributed by atoms with van der Waals surface area (Å²) in [4.78, 5) is 24.0. The van der Waals surface area contributed by atoms with Gasteiger partial charge in [0.15, 0.2) is 0 Å². The molecule has 1 aliphatic heterocycles. The van der Waals surface area contributed by atoms with Crippen molar-refractivity contribution in [1.29, 1.82) is 0 Å². The molecule has 1 aromatic carbocycles. The number of aryl methyl sites for hydroxylation is 1. The number of carbonyl (C=O) groups excluding carboxylic acids is 2. The van der Waals surface area contributed by atoms with Gasteiger partial charge in [-0.2, -0.15) is 0 Å². The summed E-state index contributed by atoms with van der Waals surface area (Å²) in [6, 6.07) is 7.58. The maximum absolute atomic E-state index is 12.3. The third-order valence-corrected chi connectivity index (χ3v) is 3.93. The Morgan fingerprint density at radius 3 is 2.81 bits per heavy atom. The van der Waals surface area contributed by atoms with Crippen LogP contribution in [-0.4, -0.2) is 31.4 Å². The van der Waals surface area contributed by atoms with Crippen molar-refractivity contribution in [3.63, 3.8) is 0 Å². The number of carbonyl (C=O) groups is 2. The Balaban J connectivity index is 2.00. The molecule has 1 aromatic rings. The van der Waals surface area contributed by atoms with E-state index in [2.05, 4.69) is 16.0 Å². The van der Waals surface area contributed by atoms with E-state index in [-0.39, 0.29) is 17.9 Å². The second kappa shape index (κ2) is 6.26. The van der Waals surface area contributed by atoms with Gasteiger partial charge >= 0.3 is 0 Å². The van der Waals surface area contributed by atoms with Crippen LogP contribution in [0.1, 0.15) is 25.8 Å². The van der Waals surface area contributed by atoms with Crippen molar-refractivity contribution < 1.29 is 9.59 Å². The van der Waals surface area contributed by atoms with Gasteiger partial charge < -0.3 is 16.0 Å². The summed E-state index contributed by atoms with van der Waals surface area (Å²) in [6.45, 7) is 4.19. The Morgan fingerprint density at radius 2 is 2.10 bits per heavy atom. The fourth-order valence-corrected chi connectivity index (χ4v) is 2.50. The molecule has 0 saturated carbocycles. The van der Waals surface area contributed by atoms with Gasteiger partial charge in [-0.05, 0) is 38.3 Å². The smallest absolute Gasteiger partial charge is 0.241 e. The molecular weight excluding hydrogens is 266 g/mol. The zero-order valence-electron chi connectivity index (χ0n) is 12.8. The number of benzene rings is 1. The molecule has 114 valence electrons. The molecule has 21 heavy (non-hydrogen) atoms. The lowest BCUT2D eigenvalue weighted by atomic mass is 9.91. The third kappa shape index (κ3) is 3.61. The molecule has 1 atom stereocenters. The maximum atomic E-state index is 12.3. The minimum Gasteiger partial charge on any atom is -0.359 e. The zero-order valence-corrected chi connectivity index (χ0v) is 12.8. The Hall–Kier alpha value is -1.88. The molecule has 0 saturated heterocycles. The van der Waals surface area contributed by atoms with Crippen molar-refractivity contribution in [2.24, 2.45) is 5.41 Å². The van der Waals surface area contributed by atoms with Crippen LogP contribution in [0.4, 0.5) is 5.69 Å². The summed E-state index contributed by atoms with van der Waals surface area (Å²) >= 11 is 0. The van der Waals surface area contributed by atoms with Gasteiger partial charge in [-0.3, -0.25) is 9.59 Å². The van der Waals surface area contributed by atoms with Crippen molar-refractivity contribution in [3.8, 4) is 0 Å². The molecular formula is C16H23N3O2. The fraction of sp³-hybridized carbons (Fsp3) is 0.500. The van der Waals surface area contributed by atoms with E-state index in [1.165, 1.54) is 0 Å². The summed E-state index contributed by atoms with van der Waals surface area (Å²) in [5.74, 6) is -0.0695. The molecule has 1 heterocycles. The van der Waals surface area contributed by atoms with Gasteiger partial charge in [-0.1, -0.05) is 18.2 Å². The molecule has 2 amide bonds. The molecule has 0 aromatic heterocycles. The second-order valence-electron chi connectivity index (χ2n) is 6.08. The van der Waals surface area contributed by atoms with Crippen molar-refractivity contribution in [2.75, 3.05) is 18.9 Å². The van der Waals surface area contributed by atoms with Gasteiger partial charge in [-0.15, -0.1) is 0 Å². The van der Waals surface area contributed by atoms with E-state index in [0.717, 1.165) is 24.1 Å². The number of hydrogen-bond acceptors (Lipinski definition) is 3. The molecule has 1 unspecified atom stereocenters. The third-order valence-electron chi connectivity index (χ3n) is 3.93. The molecule has 5 nitrogen and oxygen atoms in total. The van der Waals surface area contributed by atoms with Crippen LogP contribution in [-0.2, 0) is 16.0 Å². The Labute approximate surface area is 125 Å². The minimum atomic E-state index is -0.547. The molecule has 3 N–H and O–H groups in total. The number of anilines is 1. The average Bonchev–Trinajstić information content (AvgIpc) is 2.62. The number of nitrogens with one attached hydrogen (secondary N) is 3. The van der Waals surface area contributed by atoms with Crippen molar-refractivity contribution in [2.45, 2.75) is 32.7 Å². The number of hydrogen-bond donors (Lipinski definition) is 3. The standard InChI is InChI=1S/C16H23N3O2/c1-16(2,15(21)17-3)10-18-13-9-8-11-6-4-5-7-12(11)19-14(13)20/h4-7,13,18H,8-10H2,1-3H3,(H,17,21)(H,19,20). The average molecular weight is 289 g/mol. The van der Waals surface area contributed by atoms with Gasteiger partial charge in [0.1, 0.15) is 0 Å². The van der Waals surface area contributed by atoms with Crippen LogP contribution >= 0.6 is 0 Å². The van der Waals surface area contributed by atoms with Gasteiger partial charge in [0.2, 0.25) is 11.8 Å². The van der Waals surface area contributed by atoms with Crippen LogP contribution < -0.4 is 16.0 Å². The zero-order chi connectivity index (χ0) is 15.5. The number of rotatable bonds is 4. The predicted molar refractivity (Wildman–Crippen MR) is 83.0 cm³/mol.